The number of rotatable bonds is 8. The van der Waals surface area contributed by atoms with Gasteiger partial charge in [0.15, 0.2) is 0 Å². The number of sulfonamides is 1. The fourth-order valence-electron chi connectivity index (χ4n) is 1.17. The Morgan fingerprint density at radius 2 is 2.00 bits per heavy atom. The summed E-state index contributed by atoms with van der Waals surface area (Å²) in [4.78, 5) is 0. The topological polar surface area (TPSA) is 66.4 Å². The molecule has 98 valence electrons. The quantitative estimate of drug-likeness (QED) is 0.652. The molecule has 2 N–H and O–H groups in total. The second kappa shape index (κ2) is 6.79. The van der Waals surface area contributed by atoms with Crippen molar-refractivity contribution < 1.29 is 13.5 Å². The van der Waals surface area contributed by atoms with E-state index in [1.165, 1.54) is 0 Å². The van der Waals surface area contributed by atoms with Gasteiger partial charge in [0, 0.05) is 19.0 Å². The molecule has 0 aromatic rings. The highest BCUT2D eigenvalue weighted by atomic mass is 35.5. The zero-order chi connectivity index (χ0) is 12.8. The number of hydrogen-bond donors (Lipinski definition) is 2. The lowest BCUT2D eigenvalue weighted by Gasteiger charge is -2.24. The van der Waals surface area contributed by atoms with Gasteiger partial charge in [0.2, 0.25) is 10.0 Å². The smallest absolute Gasteiger partial charge is 0.211 e. The molecule has 0 aromatic carbocycles. The third-order valence-electron chi connectivity index (χ3n) is 2.33. The average Bonchev–Trinajstić information content (AvgIpc) is 2.14. The summed E-state index contributed by atoms with van der Waals surface area (Å²) >= 11 is 5.57. The minimum Gasteiger partial charge on any atom is -0.396 e. The summed E-state index contributed by atoms with van der Waals surface area (Å²) in [5.74, 6) is 0.326. The molecule has 0 radical (unpaired) electrons. The van der Waals surface area contributed by atoms with E-state index >= 15 is 0 Å². The molecule has 0 fully saturated rings. The van der Waals surface area contributed by atoms with Crippen molar-refractivity contribution in [1.29, 1.82) is 0 Å². The highest BCUT2D eigenvalue weighted by Crippen LogP contribution is 2.18. The van der Waals surface area contributed by atoms with Crippen molar-refractivity contribution in [3.8, 4) is 0 Å². The Bertz CT molecular complexity index is 290. The lowest BCUT2D eigenvalue weighted by atomic mass is 9.90. The molecule has 0 aromatic heterocycles. The molecule has 0 saturated heterocycles. The summed E-state index contributed by atoms with van der Waals surface area (Å²) in [5.41, 5.74) is -0.230. The number of aliphatic hydroxyl groups excluding tert-OH is 1. The van der Waals surface area contributed by atoms with Gasteiger partial charge in [-0.3, -0.25) is 0 Å². The first kappa shape index (κ1) is 16.2. The van der Waals surface area contributed by atoms with Crippen LogP contribution in [0.25, 0.3) is 0 Å². The zero-order valence-corrected chi connectivity index (χ0v) is 11.7. The van der Waals surface area contributed by atoms with Crippen molar-refractivity contribution in [1.82, 2.24) is 4.72 Å². The SMILES string of the molecule is CC(CCl)CS(=O)(=O)NCC(C)(C)CCO. The van der Waals surface area contributed by atoms with Crippen LogP contribution in [0, 0.1) is 11.3 Å². The summed E-state index contributed by atoms with van der Waals surface area (Å²) in [7, 11) is -3.26. The van der Waals surface area contributed by atoms with E-state index in [0.29, 0.717) is 18.8 Å². The van der Waals surface area contributed by atoms with Crippen LogP contribution >= 0.6 is 11.6 Å². The molecule has 6 heteroatoms. The van der Waals surface area contributed by atoms with Crippen molar-refractivity contribution in [3.63, 3.8) is 0 Å². The zero-order valence-electron chi connectivity index (χ0n) is 10.2. The third kappa shape index (κ3) is 7.44. The van der Waals surface area contributed by atoms with E-state index in [0.717, 1.165) is 0 Å². The number of alkyl halides is 1. The van der Waals surface area contributed by atoms with Crippen LogP contribution in [0.15, 0.2) is 0 Å². The van der Waals surface area contributed by atoms with Crippen LogP contribution in [0.4, 0.5) is 0 Å². The summed E-state index contributed by atoms with van der Waals surface area (Å²) in [6.45, 7) is 6.02. The molecule has 0 rings (SSSR count). The highest BCUT2D eigenvalue weighted by Gasteiger charge is 2.21. The molecule has 1 unspecified atom stereocenters. The second-order valence-corrected chi connectivity index (χ2v) is 7.16. The lowest BCUT2D eigenvalue weighted by molar-refractivity contribution is 0.213. The van der Waals surface area contributed by atoms with Gasteiger partial charge >= 0.3 is 0 Å². The first-order valence-electron chi connectivity index (χ1n) is 5.36. The number of hydrogen-bond acceptors (Lipinski definition) is 3. The molecule has 0 aliphatic carbocycles. The first-order chi connectivity index (χ1) is 7.22. The normalized spacial score (nSPS) is 15.1. The van der Waals surface area contributed by atoms with Crippen LogP contribution in [0.3, 0.4) is 0 Å². The van der Waals surface area contributed by atoms with Crippen LogP contribution < -0.4 is 4.72 Å². The Hall–Kier alpha value is 0.160. The Kier molecular flexibility index (Phi) is 6.86. The maximum Gasteiger partial charge on any atom is 0.211 e. The van der Waals surface area contributed by atoms with Crippen molar-refractivity contribution in [2.75, 3.05) is 24.8 Å². The molecular formula is C10H22ClNO3S. The van der Waals surface area contributed by atoms with Gasteiger partial charge in [-0.15, -0.1) is 11.6 Å². The predicted octanol–water partition coefficient (Wildman–Crippen LogP) is 1.19. The Morgan fingerprint density at radius 1 is 1.44 bits per heavy atom. The van der Waals surface area contributed by atoms with Gasteiger partial charge in [0.25, 0.3) is 0 Å². The molecule has 16 heavy (non-hydrogen) atoms. The van der Waals surface area contributed by atoms with Gasteiger partial charge in [-0.25, -0.2) is 13.1 Å². The van der Waals surface area contributed by atoms with Crippen molar-refractivity contribution >= 4 is 21.6 Å². The minimum absolute atomic E-state index is 0.0473. The molecular weight excluding hydrogens is 250 g/mol. The van der Waals surface area contributed by atoms with Crippen LogP contribution in [0.5, 0.6) is 0 Å². The molecule has 1 atom stereocenters. The van der Waals surface area contributed by atoms with Crippen molar-refractivity contribution in [2.45, 2.75) is 27.2 Å². The van der Waals surface area contributed by atoms with E-state index in [2.05, 4.69) is 4.72 Å². The fourth-order valence-corrected chi connectivity index (χ4v) is 3.01. The number of halogens is 1. The van der Waals surface area contributed by atoms with Gasteiger partial charge in [-0.2, -0.15) is 0 Å². The molecule has 0 bridgehead atoms. The molecule has 0 amide bonds. The highest BCUT2D eigenvalue weighted by molar-refractivity contribution is 7.89. The van der Waals surface area contributed by atoms with E-state index in [1.54, 1.807) is 6.92 Å². The van der Waals surface area contributed by atoms with Gasteiger partial charge < -0.3 is 5.11 Å². The minimum atomic E-state index is -3.26. The lowest BCUT2D eigenvalue weighted by Crippen LogP contribution is -2.37. The Morgan fingerprint density at radius 3 is 2.44 bits per heavy atom. The number of aliphatic hydroxyl groups is 1. The van der Waals surface area contributed by atoms with Crippen molar-refractivity contribution in [3.05, 3.63) is 0 Å². The Balaban J connectivity index is 4.18. The van der Waals surface area contributed by atoms with E-state index in [-0.39, 0.29) is 23.7 Å². The molecule has 0 aliphatic heterocycles. The van der Waals surface area contributed by atoms with Gasteiger partial charge in [0.05, 0.1) is 5.75 Å². The molecule has 0 aliphatic rings. The van der Waals surface area contributed by atoms with Gasteiger partial charge in [-0.1, -0.05) is 20.8 Å². The van der Waals surface area contributed by atoms with Crippen LogP contribution in [-0.4, -0.2) is 38.3 Å². The number of nitrogens with one attached hydrogen (secondary N) is 1. The summed E-state index contributed by atoms with van der Waals surface area (Å²) in [6, 6.07) is 0. The van der Waals surface area contributed by atoms with Gasteiger partial charge in [0.1, 0.15) is 0 Å². The monoisotopic (exact) mass is 271 g/mol. The summed E-state index contributed by atoms with van der Waals surface area (Å²) in [6.07, 6.45) is 0.570. The Labute approximate surface area is 103 Å². The fraction of sp³-hybridized carbons (Fsp3) is 1.00. The van der Waals surface area contributed by atoms with E-state index in [4.69, 9.17) is 16.7 Å². The standard InChI is InChI=1S/C10H22ClNO3S/c1-9(6-11)7-16(14,15)12-8-10(2,3)4-5-13/h9,12-13H,4-8H2,1-3H3. The molecule has 0 saturated carbocycles. The average molecular weight is 272 g/mol. The molecule has 4 nitrogen and oxygen atoms in total. The molecule has 0 spiro atoms. The van der Waals surface area contributed by atoms with E-state index < -0.39 is 10.0 Å². The van der Waals surface area contributed by atoms with Crippen LogP contribution in [0.1, 0.15) is 27.2 Å². The van der Waals surface area contributed by atoms with Crippen LogP contribution in [-0.2, 0) is 10.0 Å². The van der Waals surface area contributed by atoms with Crippen LogP contribution in [0.2, 0.25) is 0 Å². The van der Waals surface area contributed by atoms with Gasteiger partial charge in [-0.05, 0) is 17.8 Å². The van der Waals surface area contributed by atoms with E-state index in [9.17, 15) is 8.42 Å². The predicted molar refractivity (Wildman–Crippen MR) is 67.2 cm³/mol. The molecule has 0 heterocycles. The summed E-state index contributed by atoms with van der Waals surface area (Å²) < 4.78 is 25.8. The first-order valence-corrected chi connectivity index (χ1v) is 7.55. The summed E-state index contributed by atoms with van der Waals surface area (Å²) in [5, 5.41) is 8.82. The third-order valence-corrected chi connectivity index (χ3v) is 4.45. The largest absolute Gasteiger partial charge is 0.396 e. The maximum atomic E-state index is 11.6. The van der Waals surface area contributed by atoms with E-state index in [1.807, 2.05) is 13.8 Å². The van der Waals surface area contributed by atoms with Crippen molar-refractivity contribution in [2.24, 2.45) is 11.3 Å². The maximum absolute atomic E-state index is 11.6. The second-order valence-electron chi connectivity index (χ2n) is 5.00.